The van der Waals surface area contributed by atoms with Crippen molar-refractivity contribution in [3.8, 4) is 5.88 Å². The van der Waals surface area contributed by atoms with Gasteiger partial charge in [-0.15, -0.1) is 0 Å². The maximum Gasteiger partial charge on any atom is 0.271 e. The van der Waals surface area contributed by atoms with E-state index in [4.69, 9.17) is 4.74 Å². The summed E-state index contributed by atoms with van der Waals surface area (Å²) >= 11 is 0. The van der Waals surface area contributed by atoms with Gasteiger partial charge in [0.05, 0.1) is 24.6 Å². The number of para-hydroxylation sites is 1. The molecule has 0 aliphatic carbocycles. The molecule has 1 amide bonds. The molecular formula is C16H15FN4O2. The Balaban J connectivity index is 1.78. The van der Waals surface area contributed by atoms with Crippen LogP contribution in [0.4, 0.5) is 10.1 Å². The SMILES string of the molecule is COc1ncc(NNC(=O)c2cn(C)c3ccccc23)cc1F. The number of carbonyl (C=O) groups is 1. The fraction of sp³-hybridized carbons (Fsp3) is 0.125. The third-order valence-electron chi connectivity index (χ3n) is 3.46. The number of hydrogen-bond donors (Lipinski definition) is 2. The Labute approximate surface area is 131 Å². The van der Waals surface area contributed by atoms with E-state index >= 15 is 0 Å². The van der Waals surface area contributed by atoms with E-state index in [-0.39, 0.29) is 11.8 Å². The number of aryl methyl sites for hydroxylation is 1. The predicted octanol–water partition coefficient (Wildman–Crippen LogP) is 2.48. The van der Waals surface area contributed by atoms with Crippen molar-refractivity contribution in [2.45, 2.75) is 0 Å². The van der Waals surface area contributed by atoms with Crippen LogP contribution in [0.5, 0.6) is 5.88 Å². The van der Waals surface area contributed by atoms with E-state index in [1.807, 2.05) is 35.9 Å². The van der Waals surface area contributed by atoms with Crippen molar-refractivity contribution in [1.29, 1.82) is 0 Å². The molecular weight excluding hydrogens is 299 g/mol. The first kappa shape index (κ1) is 14.8. The molecule has 0 radical (unpaired) electrons. The van der Waals surface area contributed by atoms with Gasteiger partial charge in [-0.25, -0.2) is 9.37 Å². The lowest BCUT2D eigenvalue weighted by atomic mass is 10.2. The van der Waals surface area contributed by atoms with Gasteiger partial charge in [0.2, 0.25) is 5.88 Å². The van der Waals surface area contributed by atoms with Gasteiger partial charge < -0.3 is 9.30 Å². The van der Waals surface area contributed by atoms with Crippen molar-refractivity contribution in [3.05, 3.63) is 54.1 Å². The maximum absolute atomic E-state index is 13.6. The van der Waals surface area contributed by atoms with E-state index in [1.54, 1.807) is 6.20 Å². The average Bonchev–Trinajstić information content (AvgIpc) is 2.90. The van der Waals surface area contributed by atoms with Gasteiger partial charge in [0, 0.05) is 30.2 Å². The highest BCUT2D eigenvalue weighted by Crippen LogP contribution is 2.20. The van der Waals surface area contributed by atoms with Crippen LogP contribution < -0.4 is 15.6 Å². The molecule has 2 aromatic heterocycles. The molecule has 3 aromatic rings. The van der Waals surface area contributed by atoms with Crippen LogP contribution in [0.1, 0.15) is 10.4 Å². The molecule has 7 heteroatoms. The Morgan fingerprint density at radius 1 is 1.35 bits per heavy atom. The molecule has 0 saturated carbocycles. The van der Waals surface area contributed by atoms with Crippen molar-refractivity contribution in [2.24, 2.45) is 7.05 Å². The third kappa shape index (κ3) is 2.80. The van der Waals surface area contributed by atoms with Gasteiger partial charge in [-0.05, 0) is 6.07 Å². The quantitative estimate of drug-likeness (QED) is 0.726. The van der Waals surface area contributed by atoms with E-state index < -0.39 is 5.82 Å². The molecule has 0 aliphatic heterocycles. The Hall–Kier alpha value is -3.09. The lowest BCUT2D eigenvalue weighted by Crippen LogP contribution is -2.29. The molecule has 0 fully saturated rings. The van der Waals surface area contributed by atoms with Crippen molar-refractivity contribution in [1.82, 2.24) is 15.0 Å². The van der Waals surface area contributed by atoms with Crippen LogP contribution in [-0.2, 0) is 7.05 Å². The number of pyridine rings is 1. The minimum Gasteiger partial charge on any atom is -0.479 e. The van der Waals surface area contributed by atoms with Crippen LogP contribution in [-0.4, -0.2) is 22.6 Å². The second kappa shape index (κ2) is 5.96. The summed E-state index contributed by atoms with van der Waals surface area (Å²) in [7, 11) is 3.20. The second-order valence-corrected chi connectivity index (χ2v) is 4.97. The Kier molecular flexibility index (Phi) is 3.84. The zero-order valence-corrected chi connectivity index (χ0v) is 12.6. The van der Waals surface area contributed by atoms with Crippen LogP contribution in [0.15, 0.2) is 42.7 Å². The molecule has 118 valence electrons. The first-order valence-corrected chi connectivity index (χ1v) is 6.90. The summed E-state index contributed by atoms with van der Waals surface area (Å²) in [5, 5.41) is 0.841. The summed E-state index contributed by atoms with van der Waals surface area (Å²) < 4.78 is 20.2. The molecule has 0 unspecified atom stereocenters. The van der Waals surface area contributed by atoms with E-state index in [1.165, 1.54) is 19.4 Å². The predicted molar refractivity (Wildman–Crippen MR) is 84.8 cm³/mol. The number of hydrazine groups is 1. The summed E-state index contributed by atoms with van der Waals surface area (Å²) in [5.74, 6) is -1.04. The van der Waals surface area contributed by atoms with Crippen molar-refractivity contribution in [2.75, 3.05) is 12.5 Å². The van der Waals surface area contributed by atoms with Crippen LogP contribution in [0.25, 0.3) is 10.9 Å². The number of nitrogens with zero attached hydrogens (tertiary/aromatic N) is 2. The highest BCUT2D eigenvalue weighted by Gasteiger charge is 2.13. The standard InChI is InChI=1S/C16H15FN4O2/c1-21-9-12(11-5-3-4-6-14(11)21)15(22)20-19-10-7-13(17)16(23-2)18-8-10/h3-9,19H,1-2H3,(H,20,22). The number of carbonyl (C=O) groups excluding carboxylic acids is 1. The number of halogens is 1. The first-order chi connectivity index (χ1) is 11.1. The van der Waals surface area contributed by atoms with Crippen molar-refractivity contribution in [3.63, 3.8) is 0 Å². The molecule has 0 bridgehead atoms. The Morgan fingerprint density at radius 3 is 2.87 bits per heavy atom. The molecule has 2 N–H and O–H groups in total. The van der Waals surface area contributed by atoms with Crippen LogP contribution in [0.2, 0.25) is 0 Å². The lowest BCUT2D eigenvalue weighted by molar-refractivity contribution is 0.0964. The molecule has 0 saturated heterocycles. The molecule has 1 aromatic carbocycles. The number of nitrogens with one attached hydrogen (secondary N) is 2. The molecule has 23 heavy (non-hydrogen) atoms. The number of benzene rings is 1. The van der Waals surface area contributed by atoms with Gasteiger partial charge >= 0.3 is 0 Å². The summed E-state index contributed by atoms with van der Waals surface area (Å²) in [6.45, 7) is 0. The lowest BCUT2D eigenvalue weighted by Gasteiger charge is -2.08. The molecule has 2 heterocycles. The molecule has 6 nitrogen and oxygen atoms in total. The number of fused-ring (bicyclic) bond motifs is 1. The average molecular weight is 314 g/mol. The van der Waals surface area contributed by atoms with E-state index in [0.29, 0.717) is 11.3 Å². The Bertz CT molecular complexity index is 876. The first-order valence-electron chi connectivity index (χ1n) is 6.90. The third-order valence-corrected chi connectivity index (χ3v) is 3.46. The molecule has 0 atom stereocenters. The fourth-order valence-corrected chi connectivity index (χ4v) is 2.36. The number of aromatic nitrogens is 2. The molecule has 0 aliphatic rings. The second-order valence-electron chi connectivity index (χ2n) is 4.97. The number of methoxy groups -OCH3 is 1. The molecule has 0 spiro atoms. The fourth-order valence-electron chi connectivity index (χ4n) is 2.36. The van der Waals surface area contributed by atoms with E-state index in [0.717, 1.165) is 10.9 Å². The smallest absolute Gasteiger partial charge is 0.271 e. The minimum atomic E-state index is -0.614. The highest BCUT2D eigenvalue weighted by atomic mass is 19.1. The topological polar surface area (TPSA) is 68.2 Å². The Morgan fingerprint density at radius 2 is 2.13 bits per heavy atom. The van der Waals surface area contributed by atoms with Gasteiger partial charge in [0.15, 0.2) is 5.82 Å². The normalized spacial score (nSPS) is 10.6. The highest BCUT2D eigenvalue weighted by molar-refractivity contribution is 6.07. The number of rotatable bonds is 4. The number of hydrogen-bond acceptors (Lipinski definition) is 4. The van der Waals surface area contributed by atoms with Crippen LogP contribution in [0, 0.1) is 5.82 Å². The monoisotopic (exact) mass is 314 g/mol. The zero-order chi connectivity index (χ0) is 16.4. The van der Waals surface area contributed by atoms with Gasteiger partial charge in [0.25, 0.3) is 5.91 Å². The van der Waals surface area contributed by atoms with E-state index in [9.17, 15) is 9.18 Å². The minimum absolute atomic E-state index is 0.101. The number of ether oxygens (including phenoxy) is 1. The van der Waals surface area contributed by atoms with Crippen molar-refractivity contribution < 1.29 is 13.9 Å². The maximum atomic E-state index is 13.6. The summed E-state index contributed by atoms with van der Waals surface area (Å²) in [4.78, 5) is 16.1. The van der Waals surface area contributed by atoms with Gasteiger partial charge in [-0.2, -0.15) is 0 Å². The number of anilines is 1. The molecule has 3 rings (SSSR count). The van der Waals surface area contributed by atoms with Crippen LogP contribution >= 0.6 is 0 Å². The number of amides is 1. The summed E-state index contributed by atoms with van der Waals surface area (Å²) in [6.07, 6.45) is 3.11. The van der Waals surface area contributed by atoms with E-state index in [2.05, 4.69) is 15.8 Å². The van der Waals surface area contributed by atoms with Gasteiger partial charge in [0.1, 0.15) is 0 Å². The van der Waals surface area contributed by atoms with Crippen LogP contribution in [0.3, 0.4) is 0 Å². The summed E-state index contributed by atoms with van der Waals surface area (Å²) in [6, 6.07) is 8.78. The van der Waals surface area contributed by atoms with Crippen molar-refractivity contribution >= 4 is 22.5 Å². The zero-order valence-electron chi connectivity index (χ0n) is 12.6. The van der Waals surface area contributed by atoms with Gasteiger partial charge in [-0.1, -0.05) is 18.2 Å². The summed E-state index contributed by atoms with van der Waals surface area (Å²) in [5.41, 5.74) is 6.97. The largest absolute Gasteiger partial charge is 0.479 e. The van der Waals surface area contributed by atoms with Gasteiger partial charge in [-0.3, -0.25) is 15.6 Å².